The normalized spacial score (nSPS) is 13.1. The molecule has 2 rings (SSSR count). The third-order valence-electron chi connectivity index (χ3n) is 6.56. The maximum atomic E-state index is 12.3. The van der Waals surface area contributed by atoms with Crippen LogP contribution in [0.25, 0.3) is 0 Å². The molecule has 2 aromatic rings. The van der Waals surface area contributed by atoms with Crippen LogP contribution in [0.1, 0.15) is 58.0 Å². The number of carbonyl (C=O) groups is 2. The molecular formula is C28H40O9Si. The van der Waals surface area contributed by atoms with E-state index in [1.54, 1.807) is 37.4 Å². The fourth-order valence-electron chi connectivity index (χ4n) is 3.61. The van der Waals surface area contributed by atoms with Crippen LogP contribution >= 0.6 is 0 Å². The topological polar surface area (TPSA) is 98.8 Å². The molecule has 0 aromatic heterocycles. The highest BCUT2D eigenvalue weighted by Gasteiger charge is 2.40. The summed E-state index contributed by atoms with van der Waals surface area (Å²) in [5.41, 5.74) is 1.03. The Bertz CT molecular complexity index is 1110. The lowest BCUT2D eigenvalue weighted by molar-refractivity contribution is -0.166. The summed E-state index contributed by atoms with van der Waals surface area (Å²) in [5.74, 6) is 1.03. The van der Waals surface area contributed by atoms with Crippen molar-refractivity contribution in [2.24, 2.45) is 0 Å². The first-order chi connectivity index (χ1) is 17.7. The molecule has 0 spiro atoms. The number of ether oxygens (including phenoxy) is 6. The Hall–Kier alpha value is -3.40. The van der Waals surface area contributed by atoms with Gasteiger partial charge in [-0.15, -0.1) is 0 Å². The fraction of sp³-hybridized carbons (Fsp3) is 0.500. The molecule has 2 aromatic carbocycles. The zero-order chi connectivity index (χ0) is 28.8. The minimum absolute atomic E-state index is 0.0697. The summed E-state index contributed by atoms with van der Waals surface area (Å²) in [6.45, 7) is 13.2. The standard InChI is InChI=1S/C28H40O9Si/c1-17(29)35-25(19-12-13-21(31-6)22(14-19)37-38(10,11)28(3,4)5)26(36-18(2)30)20-15-23(32-7)27(34-9)24(16-20)33-8/h12-16,25-26H,1-11H3/t25-,26-/m1/s1. The second-order valence-corrected chi connectivity index (χ2v) is 15.0. The van der Waals surface area contributed by atoms with Crippen LogP contribution in [0.3, 0.4) is 0 Å². The summed E-state index contributed by atoms with van der Waals surface area (Å²) >= 11 is 0. The molecule has 0 unspecified atom stereocenters. The molecule has 0 saturated heterocycles. The Kier molecular flexibility index (Phi) is 10.1. The summed E-state index contributed by atoms with van der Waals surface area (Å²) in [6.07, 6.45) is -2.06. The first-order valence-electron chi connectivity index (χ1n) is 12.2. The largest absolute Gasteiger partial charge is 0.541 e. The van der Waals surface area contributed by atoms with Crippen LogP contribution in [0.15, 0.2) is 30.3 Å². The van der Waals surface area contributed by atoms with Crippen molar-refractivity contribution in [1.29, 1.82) is 0 Å². The maximum absolute atomic E-state index is 12.3. The van der Waals surface area contributed by atoms with E-state index in [-0.39, 0.29) is 5.04 Å². The van der Waals surface area contributed by atoms with Gasteiger partial charge in [0.1, 0.15) is 5.75 Å². The summed E-state index contributed by atoms with van der Waals surface area (Å²) in [7, 11) is 3.77. The maximum Gasteiger partial charge on any atom is 0.303 e. The van der Waals surface area contributed by atoms with Crippen molar-refractivity contribution in [3.8, 4) is 28.7 Å². The molecule has 0 aliphatic heterocycles. The van der Waals surface area contributed by atoms with Crippen molar-refractivity contribution in [2.45, 2.75) is 65.0 Å². The fourth-order valence-corrected chi connectivity index (χ4v) is 4.63. The van der Waals surface area contributed by atoms with Gasteiger partial charge in [0.25, 0.3) is 8.32 Å². The summed E-state index contributed by atoms with van der Waals surface area (Å²) in [4.78, 5) is 24.5. The molecule has 0 saturated carbocycles. The predicted octanol–water partition coefficient (Wildman–Crippen LogP) is 6.01. The van der Waals surface area contributed by atoms with Crippen LogP contribution in [-0.4, -0.2) is 48.7 Å². The number of esters is 2. The van der Waals surface area contributed by atoms with Crippen molar-refractivity contribution in [3.63, 3.8) is 0 Å². The molecule has 10 heteroatoms. The average Bonchev–Trinajstić information content (AvgIpc) is 2.83. The number of hydrogen-bond acceptors (Lipinski definition) is 9. The van der Waals surface area contributed by atoms with Crippen LogP contribution in [0.2, 0.25) is 18.1 Å². The quantitative estimate of drug-likeness (QED) is 0.247. The van der Waals surface area contributed by atoms with Crippen LogP contribution < -0.4 is 23.4 Å². The van der Waals surface area contributed by atoms with Gasteiger partial charge in [-0.05, 0) is 42.4 Å². The molecule has 0 aliphatic rings. The highest BCUT2D eigenvalue weighted by atomic mass is 28.4. The third-order valence-corrected chi connectivity index (χ3v) is 10.9. The molecule has 0 radical (unpaired) electrons. The third kappa shape index (κ3) is 7.12. The van der Waals surface area contributed by atoms with Gasteiger partial charge >= 0.3 is 11.9 Å². The van der Waals surface area contributed by atoms with Crippen molar-refractivity contribution in [2.75, 3.05) is 28.4 Å². The highest BCUT2D eigenvalue weighted by molar-refractivity contribution is 6.74. The zero-order valence-electron chi connectivity index (χ0n) is 24.2. The van der Waals surface area contributed by atoms with Crippen LogP contribution in [0.5, 0.6) is 28.7 Å². The first-order valence-corrected chi connectivity index (χ1v) is 15.1. The zero-order valence-corrected chi connectivity index (χ0v) is 25.2. The van der Waals surface area contributed by atoms with Gasteiger partial charge in [0.15, 0.2) is 29.5 Å². The van der Waals surface area contributed by atoms with Crippen LogP contribution in [0, 0.1) is 0 Å². The van der Waals surface area contributed by atoms with E-state index < -0.39 is 32.5 Å². The van der Waals surface area contributed by atoms with E-state index in [0.717, 1.165) is 0 Å². The van der Waals surface area contributed by atoms with Gasteiger partial charge in [-0.2, -0.15) is 0 Å². The van der Waals surface area contributed by atoms with Gasteiger partial charge in [0, 0.05) is 25.0 Å². The summed E-state index contributed by atoms with van der Waals surface area (Å²) in [6, 6.07) is 8.57. The molecule has 2 atom stereocenters. The van der Waals surface area contributed by atoms with Crippen molar-refractivity contribution >= 4 is 20.3 Å². The number of hydrogen-bond donors (Lipinski definition) is 0. The van der Waals surface area contributed by atoms with Crippen molar-refractivity contribution < 1.29 is 42.4 Å². The number of benzene rings is 2. The number of methoxy groups -OCH3 is 4. The minimum Gasteiger partial charge on any atom is -0.541 e. The average molecular weight is 549 g/mol. The van der Waals surface area contributed by atoms with E-state index in [4.69, 9.17) is 32.8 Å². The first kappa shape index (κ1) is 30.8. The lowest BCUT2D eigenvalue weighted by Gasteiger charge is -2.37. The minimum atomic E-state index is -2.26. The molecule has 38 heavy (non-hydrogen) atoms. The summed E-state index contributed by atoms with van der Waals surface area (Å²) < 4.78 is 40.1. The highest BCUT2D eigenvalue weighted by Crippen LogP contribution is 2.46. The smallest absolute Gasteiger partial charge is 0.303 e. The Morgan fingerprint density at radius 1 is 0.684 bits per heavy atom. The molecule has 0 heterocycles. The SMILES string of the molecule is COc1ccc([C@@H](OC(C)=O)[C@H](OC(C)=O)c2cc(OC)c(OC)c(OC)c2)cc1O[Si](C)(C)C(C)(C)C. The molecule has 0 bridgehead atoms. The van der Waals surface area contributed by atoms with Gasteiger partial charge in [0.2, 0.25) is 5.75 Å². The predicted molar refractivity (Wildman–Crippen MR) is 146 cm³/mol. The van der Waals surface area contributed by atoms with Gasteiger partial charge < -0.3 is 32.8 Å². The molecular weight excluding hydrogens is 508 g/mol. The Labute approximate surface area is 226 Å². The Morgan fingerprint density at radius 2 is 1.13 bits per heavy atom. The van der Waals surface area contributed by atoms with Crippen LogP contribution in [-0.2, 0) is 19.1 Å². The van der Waals surface area contributed by atoms with Gasteiger partial charge in [-0.25, -0.2) is 0 Å². The lowest BCUT2D eigenvalue weighted by atomic mass is 9.96. The van der Waals surface area contributed by atoms with E-state index in [9.17, 15) is 9.59 Å². The number of carbonyl (C=O) groups excluding carboxylic acids is 2. The van der Waals surface area contributed by atoms with Crippen molar-refractivity contribution in [1.82, 2.24) is 0 Å². The molecule has 0 aliphatic carbocycles. The Balaban J connectivity index is 2.75. The summed E-state index contributed by atoms with van der Waals surface area (Å²) in [5, 5.41) is -0.0697. The van der Waals surface area contributed by atoms with E-state index in [1.807, 2.05) is 0 Å². The van der Waals surface area contributed by atoms with Gasteiger partial charge in [-0.3, -0.25) is 9.59 Å². The molecule has 0 N–H and O–H groups in total. The van der Waals surface area contributed by atoms with E-state index in [0.29, 0.717) is 39.9 Å². The second-order valence-electron chi connectivity index (χ2n) is 10.3. The molecule has 210 valence electrons. The molecule has 0 fully saturated rings. The number of rotatable bonds is 11. The van der Waals surface area contributed by atoms with Crippen molar-refractivity contribution in [3.05, 3.63) is 41.5 Å². The van der Waals surface area contributed by atoms with E-state index >= 15 is 0 Å². The van der Waals surface area contributed by atoms with Gasteiger partial charge in [0.05, 0.1) is 28.4 Å². The van der Waals surface area contributed by atoms with E-state index in [1.165, 1.54) is 35.2 Å². The van der Waals surface area contributed by atoms with Gasteiger partial charge in [-0.1, -0.05) is 26.8 Å². The Morgan fingerprint density at radius 3 is 1.53 bits per heavy atom. The second kappa shape index (κ2) is 12.4. The molecule has 0 amide bonds. The monoisotopic (exact) mass is 548 g/mol. The lowest BCUT2D eigenvalue weighted by Crippen LogP contribution is -2.44. The van der Waals surface area contributed by atoms with E-state index in [2.05, 4.69) is 33.9 Å². The molecule has 9 nitrogen and oxygen atoms in total. The van der Waals surface area contributed by atoms with Crippen LogP contribution in [0.4, 0.5) is 0 Å².